The molecule has 0 amide bonds. The number of aliphatic hydroxyl groups is 5. The summed E-state index contributed by atoms with van der Waals surface area (Å²) in [5.41, 5.74) is 29.1. The Morgan fingerprint density at radius 1 is 0.846 bits per heavy atom. The summed E-state index contributed by atoms with van der Waals surface area (Å²) in [5.74, 6) is -0.204. The Kier molecular flexibility index (Phi) is 9.99. The predicted molar refractivity (Wildman–Crippen MR) is 133 cm³/mol. The zero-order chi connectivity index (χ0) is 28.6. The zero-order valence-electron chi connectivity index (χ0n) is 21.7. The number of guanidine groups is 1. The van der Waals surface area contributed by atoms with Crippen LogP contribution in [0.3, 0.4) is 0 Å². The molecule has 17 nitrogen and oxygen atoms in total. The van der Waals surface area contributed by atoms with E-state index < -0.39 is 105 Å². The fraction of sp³-hybridized carbons (Fsp3) is 0.955. The van der Waals surface area contributed by atoms with Gasteiger partial charge >= 0.3 is 0 Å². The molecule has 4 rings (SSSR count). The van der Waals surface area contributed by atoms with E-state index in [9.17, 15) is 25.5 Å². The molecule has 3 saturated heterocycles. The number of nitrogens with one attached hydrogen (secondary N) is 1. The van der Waals surface area contributed by atoms with Crippen LogP contribution in [0.1, 0.15) is 19.3 Å². The van der Waals surface area contributed by atoms with Gasteiger partial charge in [0.25, 0.3) is 0 Å². The number of aliphatic hydroxyl groups excluding tert-OH is 5. The SMILES string of the molecule is CNC1C(O[C@H]2OC(CO)[C@@H](N=C(N)N)CC2O)O[C@H]2C[C@H](N)[C@@H](O[C@@H]3C(N)C[C@@H](N)C(O)[C@H]3O)OC2C1O. The number of fused-ring (bicyclic) bond motifs is 1. The minimum atomic E-state index is -1.34. The maximum atomic E-state index is 11.2. The van der Waals surface area contributed by atoms with Crippen LogP contribution >= 0.6 is 0 Å². The molecule has 0 aromatic rings. The molecule has 226 valence electrons. The van der Waals surface area contributed by atoms with Crippen LogP contribution in [-0.2, 0) is 23.7 Å². The summed E-state index contributed by atoms with van der Waals surface area (Å²) < 4.78 is 29.7. The lowest BCUT2D eigenvalue weighted by Crippen LogP contribution is -2.69. The van der Waals surface area contributed by atoms with E-state index in [0.717, 1.165) is 0 Å². The largest absolute Gasteiger partial charge is 0.394 e. The van der Waals surface area contributed by atoms with Crippen molar-refractivity contribution in [2.24, 2.45) is 33.7 Å². The van der Waals surface area contributed by atoms with Gasteiger partial charge in [0.15, 0.2) is 24.8 Å². The normalized spacial score (nSPS) is 50.7. The minimum absolute atomic E-state index is 0.0566. The number of hydrogen-bond acceptors (Lipinski definition) is 15. The maximum Gasteiger partial charge on any atom is 0.187 e. The van der Waals surface area contributed by atoms with Crippen molar-refractivity contribution in [3.63, 3.8) is 0 Å². The van der Waals surface area contributed by atoms with Crippen LogP contribution in [0.25, 0.3) is 0 Å². The quantitative estimate of drug-likeness (QED) is 0.101. The summed E-state index contributed by atoms with van der Waals surface area (Å²) >= 11 is 0. The summed E-state index contributed by atoms with van der Waals surface area (Å²) in [7, 11) is 1.59. The van der Waals surface area contributed by atoms with Crippen molar-refractivity contribution in [3.8, 4) is 0 Å². The highest BCUT2D eigenvalue weighted by atomic mass is 16.8. The Labute approximate surface area is 225 Å². The summed E-state index contributed by atoms with van der Waals surface area (Å²) in [6, 6.07) is -3.61. The first kappa shape index (κ1) is 30.7. The first-order valence-corrected chi connectivity index (χ1v) is 13.1. The monoisotopic (exact) mass is 565 g/mol. The molecular weight excluding hydrogens is 522 g/mol. The van der Waals surface area contributed by atoms with Gasteiger partial charge in [-0.1, -0.05) is 0 Å². The van der Waals surface area contributed by atoms with Crippen LogP contribution < -0.4 is 34.0 Å². The summed E-state index contributed by atoms with van der Waals surface area (Å²) in [4.78, 5) is 3.99. The molecule has 0 bridgehead atoms. The lowest BCUT2D eigenvalue weighted by molar-refractivity contribution is -0.367. The fourth-order valence-electron chi connectivity index (χ4n) is 5.71. The molecule has 0 aromatic carbocycles. The molecule has 3 heterocycles. The van der Waals surface area contributed by atoms with Crippen molar-refractivity contribution in [2.75, 3.05) is 13.7 Å². The van der Waals surface area contributed by atoms with Gasteiger partial charge in [-0.15, -0.1) is 0 Å². The van der Waals surface area contributed by atoms with Crippen molar-refractivity contribution in [3.05, 3.63) is 0 Å². The van der Waals surface area contributed by atoms with Crippen LogP contribution in [0.5, 0.6) is 0 Å². The third-order valence-corrected chi connectivity index (χ3v) is 7.83. The Balaban J connectivity index is 1.42. The lowest BCUT2D eigenvalue weighted by atomic mass is 9.84. The van der Waals surface area contributed by atoms with E-state index in [2.05, 4.69) is 10.3 Å². The average Bonchev–Trinajstić information content (AvgIpc) is 2.87. The number of nitrogens with zero attached hydrogens (tertiary/aromatic N) is 1. The van der Waals surface area contributed by atoms with Crippen LogP contribution in [0.4, 0.5) is 0 Å². The first-order valence-electron chi connectivity index (χ1n) is 13.1. The summed E-state index contributed by atoms with van der Waals surface area (Å²) in [6.45, 7) is -0.422. The Hall–Kier alpha value is -1.29. The van der Waals surface area contributed by atoms with Crippen molar-refractivity contribution in [1.82, 2.24) is 5.32 Å². The molecule has 3 aliphatic heterocycles. The van der Waals surface area contributed by atoms with Crippen LogP contribution in [0.2, 0.25) is 0 Å². The molecule has 16 N–H and O–H groups in total. The topological polar surface area (TPSA) is 302 Å². The molecule has 1 aliphatic carbocycles. The first-order chi connectivity index (χ1) is 18.4. The Morgan fingerprint density at radius 2 is 1.56 bits per heavy atom. The molecule has 1 saturated carbocycles. The summed E-state index contributed by atoms with van der Waals surface area (Å²) in [6.07, 6.45) is -11.3. The molecule has 16 atom stereocenters. The Morgan fingerprint density at radius 3 is 2.21 bits per heavy atom. The Bertz CT molecular complexity index is 841. The van der Waals surface area contributed by atoms with E-state index in [-0.39, 0.29) is 25.2 Å². The lowest BCUT2D eigenvalue weighted by Gasteiger charge is -2.51. The van der Waals surface area contributed by atoms with Gasteiger partial charge in [0.1, 0.15) is 36.6 Å². The van der Waals surface area contributed by atoms with E-state index in [1.165, 1.54) is 0 Å². The van der Waals surface area contributed by atoms with Gasteiger partial charge in [0.05, 0.1) is 36.9 Å². The second kappa shape index (κ2) is 12.7. The molecule has 0 aromatic heterocycles. The van der Waals surface area contributed by atoms with Crippen LogP contribution in [0.15, 0.2) is 4.99 Å². The molecule has 4 aliphatic rings. The number of aliphatic imine (C=N–C) groups is 1. The minimum Gasteiger partial charge on any atom is -0.394 e. The smallest absolute Gasteiger partial charge is 0.187 e. The molecule has 39 heavy (non-hydrogen) atoms. The van der Waals surface area contributed by atoms with Gasteiger partial charge in [0, 0.05) is 18.5 Å². The van der Waals surface area contributed by atoms with Crippen molar-refractivity contribution in [2.45, 2.75) is 117 Å². The van der Waals surface area contributed by atoms with Gasteiger partial charge in [-0.3, -0.25) is 0 Å². The fourth-order valence-corrected chi connectivity index (χ4v) is 5.71. The van der Waals surface area contributed by atoms with Gasteiger partial charge in [-0.25, -0.2) is 4.99 Å². The van der Waals surface area contributed by atoms with Crippen molar-refractivity contribution in [1.29, 1.82) is 0 Å². The number of likely N-dealkylation sites (N-methyl/N-ethyl adjacent to an activating group) is 1. The maximum absolute atomic E-state index is 11.2. The van der Waals surface area contributed by atoms with E-state index in [1.54, 1.807) is 7.05 Å². The molecule has 17 heteroatoms. The highest BCUT2D eigenvalue weighted by molar-refractivity contribution is 5.75. The number of ether oxygens (including phenoxy) is 5. The van der Waals surface area contributed by atoms with Crippen LogP contribution in [-0.4, -0.2) is 143 Å². The highest BCUT2D eigenvalue weighted by Gasteiger charge is 2.53. The number of rotatable bonds is 7. The molecule has 0 spiro atoms. The second-order valence-corrected chi connectivity index (χ2v) is 10.6. The zero-order valence-corrected chi connectivity index (χ0v) is 21.7. The van der Waals surface area contributed by atoms with Crippen molar-refractivity contribution < 1.29 is 49.2 Å². The van der Waals surface area contributed by atoms with E-state index in [4.69, 9.17) is 52.4 Å². The number of hydrogen-bond donors (Lipinski definition) is 11. The van der Waals surface area contributed by atoms with Gasteiger partial charge < -0.3 is 83.2 Å². The summed E-state index contributed by atoms with van der Waals surface area (Å²) in [5, 5.41) is 55.1. The molecular formula is C22H43N7O10. The van der Waals surface area contributed by atoms with E-state index >= 15 is 0 Å². The third kappa shape index (κ3) is 6.47. The van der Waals surface area contributed by atoms with Gasteiger partial charge in [-0.05, 0) is 19.9 Å². The van der Waals surface area contributed by atoms with Crippen molar-refractivity contribution >= 4 is 5.96 Å². The second-order valence-electron chi connectivity index (χ2n) is 10.6. The molecule has 0 radical (unpaired) electrons. The average molecular weight is 566 g/mol. The van der Waals surface area contributed by atoms with E-state index in [1.807, 2.05) is 0 Å². The molecule has 8 unspecified atom stereocenters. The third-order valence-electron chi connectivity index (χ3n) is 7.83. The van der Waals surface area contributed by atoms with E-state index in [0.29, 0.717) is 0 Å². The molecule has 4 fully saturated rings. The standard InChI is InChI=1S/C22H43N7O10/c1-28-13-15(33)18-11(3-8(25)19(38-18)37-17-7(24)2-6(23)14(32)16(17)34)35-21(13)39-20-10(31)4-9(29-22(26)27)12(5-30)36-20/h6-21,28,30-34H,2-5,23-25H2,1H3,(H4,26,27,29)/t6-,7?,8+,9+,10?,11+,12?,13?,14?,15?,16-,17-,18?,19+,20-,21?/m1/s1. The highest BCUT2D eigenvalue weighted by Crippen LogP contribution is 2.35. The van der Waals surface area contributed by atoms with Gasteiger partial charge in [-0.2, -0.15) is 0 Å². The van der Waals surface area contributed by atoms with Crippen LogP contribution in [0, 0.1) is 0 Å². The number of nitrogens with two attached hydrogens (primary N) is 5. The predicted octanol–water partition coefficient (Wildman–Crippen LogP) is -6.61. The van der Waals surface area contributed by atoms with Gasteiger partial charge in [0.2, 0.25) is 0 Å².